The minimum absolute atomic E-state index is 0.112. The normalized spacial score (nSPS) is 28.8. The number of morpholine rings is 1. The summed E-state index contributed by atoms with van der Waals surface area (Å²) < 4.78 is 17.8. The van der Waals surface area contributed by atoms with Gasteiger partial charge in [-0.15, -0.1) is 9.60 Å². The molecule has 0 radical (unpaired) electrons. The van der Waals surface area contributed by atoms with E-state index >= 15 is 0 Å². The van der Waals surface area contributed by atoms with E-state index in [2.05, 4.69) is 0 Å². The molecule has 3 nitrogen and oxygen atoms in total. The second-order valence-electron chi connectivity index (χ2n) is 2.43. The number of nitrogens with zero attached hydrogens (tertiary/aromatic N) is 1. The number of halogens is 1. The molecule has 10 heavy (non-hydrogen) atoms. The van der Waals surface area contributed by atoms with E-state index in [9.17, 15) is 4.48 Å². The molecular formula is C6H13FN2O. The van der Waals surface area contributed by atoms with E-state index in [-0.39, 0.29) is 6.04 Å². The lowest BCUT2D eigenvalue weighted by molar-refractivity contribution is -0.111. The maximum absolute atomic E-state index is 12.7. The Morgan fingerprint density at radius 1 is 1.70 bits per heavy atom. The average molecular weight is 148 g/mol. The molecule has 1 heterocycles. The lowest BCUT2D eigenvalue weighted by Crippen LogP contribution is -2.41. The van der Waals surface area contributed by atoms with Crippen molar-refractivity contribution >= 4 is 0 Å². The maximum atomic E-state index is 12.7. The first-order chi connectivity index (χ1) is 4.84. The van der Waals surface area contributed by atoms with Crippen molar-refractivity contribution in [3.63, 3.8) is 0 Å². The zero-order valence-corrected chi connectivity index (χ0v) is 5.92. The summed E-state index contributed by atoms with van der Waals surface area (Å²) in [5, 5.41) is 0.816. The van der Waals surface area contributed by atoms with Crippen molar-refractivity contribution < 1.29 is 9.22 Å². The molecule has 60 valence electrons. The Morgan fingerprint density at radius 2 is 2.50 bits per heavy atom. The number of hydrogen-bond donors (Lipinski definition) is 1. The molecule has 1 aliphatic heterocycles. The van der Waals surface area contributed by atoms with E-state index < -0.39 is 0 Å². The van der Waals surface area contributed by atoms with Crippen LogP contribution in [0.3, 0.4) is 0 Å². The Labute approximate surface area is 59.9 Å². The van der Waals surface area contributed by atoms with Crippen LogP contribution in [0.1, 0.15) is 6.42 Å². The van der Waals surface area contributed by atoms with Gasteiger partial charge in [-0.25, -0.2) is 0 Å². The zero-order valence-electron chi connectivity index (χ0n) is 5.92. The van der Waals surface area contributed by atoms with Gasteiger partial charge < -0.3 is 10.5 Å². The summed E-state index contributed by atoms with van der Waals surface area (Å²) in [5.74, 6) is 0. The third-order valence-corrected chi connectivity index (χ3v) is 1.66. The average Bonchev–Trinajstić information content (AvgIpc) is 1.94. The number of nitrogens with two attached hydrogens (primary N) is 1. The fraction of sp³-hybridized carbons (Fsp3) is 1.00. The molecule has 1 rings (SSSR count). The molecule has 0 saturated carbocycles. The highest BCUT2D eigenvalue weighted by Gasteiger charge is 2.21. The molecule has 1 aliphatic rings. The Bertz CT molecular complexity index is 99.7. The summed E-state index contributed by atoms with van der Waals surface area (Å²) in [7, 11) is 0. The van der Waals surface area contributed by atoms with E-state index in [1.165, 1.54) is 0 Å². The molecule has 1 saturated heterocycles. The van der Waals surface area contributed by atoms with Gasteiger partial charge in [0.1, 0.15) is 0 Å². The van der Waals surface area contributed by atoms with Crippen molar-refractivity contribution in [2.45, 2.75) is 12.5 Å². The van der Waals surface area contributed by atoms with Gasteiger partial charge in [-0.1, -0.05) is 0 Å². The molecule has 1 unspecified atom stereocenters. The van der Waals surface area contributed by atoms with Gasteiger partial charge >= 0.3 is 0 Å². The van der Waals surface area contributed by atoms with Crippen LogP contribution in [0.5, 0.6) is 0 Å². The number of rotatable bonds is 2. The largest absolute Gasteiger partial charge is 0.378 e. The van der Waals surface area contributed by atoms with Gasteiger partial charge in [-0.05, 0) is 13.0 Å². The molecule has 0 bridgehead atoms. The van der Waals surface area contributed by atoms with Crippen molar-refractivity contribution in [3.05, 3.63) is 0 Å². The van der Waals surface area contributed by atoms with Gasteiger partial charge in [-0.2, -0.15) is 0 Å². The summed E-state index contributed by atoms with van der Waals surface area (Å²) in [5.41, 5.74) is 5.27. The predicted octanol–water partition coefficient (Wildman–Crippen LogP) is -0.0795. The van der Waals surface area contributed by atoms with Crippen molar-refractivity contribution in [1.82, 2.24) is 5.12 Å². The van der Waals surface area contributed by atoms with E-state index in [0.717, 1.165) is 5.12 Å². The van der Waals surface area contributed by atoms with Crippen LogP contribution < -0.4 is 5.73 Å². The molecule has 0 aromatic heterocycles. The van der Waals surface area contributed by atoms with Crippen LogP contribution in [0.2, 0.25) is 0 Å². The van der Waals surface area contributed by atoms with E-state index in [0.29, 0.717) is 32.7 Å². The van der Waals surface area contributed by atoms with Crippen LogP contribution in [0.15, 0.2) is 0 Å². The van der Waals surface area contributed by atoms with Crippen molar-refractivity contribution in [3.8, 4) is 0 Å². The molecular weight excluding hydrogens is 135 g/mol. The van der Waals surface area contributed by atoms with E-state index in [1.807, 2.05) is 0 Å². The molecule has 0 aliphatic carbocycles. The minimum atomic E-state index is -0.112. The fourth-order valence-electron chi connectivity index (χ4n) is 1.05. The molecule has 1 fully saturated rings. The van der Waals surface area contributed by atoms with Crippen LogP contribution in [-0.2, 0) is 4.74 Å². The van der Waals surface area contributed by atoms with Gasteiger partial charge in [0, 0.05) is 0 Å². The van der Waals surface area contributed by atoms with Gasteiger partial charge in [0.2, 0.25) is 0 Å². The molecule has 1 atom stereocenters. The summed E-state index contributed by atoms with van der Waals surface area (Å²) in [6.07, 6.45) is 0.677. The third kappa shape index (κ3) is 1.90. The number of ether oxygens (including phenoxy) is 1. The summed E-state index contributed by atoms with van der Waals surface area (Å²) in [4.78, 5) is 0. The fourth-order valence-corrected chi connectivity index (χ4v) is 1.05. The minimum Gasteiger partial charge on any atom is -0.378 e. The Balaban J connectivity index is 2.25. The predicted molar refractivity (Wildman–Crippen MR) is 36.1 cm³/mol. The highest BCUT2D eigenvalue weighted by Crippen LogP contribution is 2.09. The van der Waals surface area contributed by atoms with Gasteiger partial charge in [0.15, 0.2) is 0 Å². The smallest absolute Gasteiger partial charge is 0.0649 e. The number of hydrogen-bond acceptors (Lipinski definition) is 3. The Morgan fingerprint density at radius 3 is 3.10 bits per heavy atom. The molecule has 0 spiro atoms. The Hall–Kier alpha value is -0.190. The zero-order chi connectivity index (χ0) is 7.40. The van der Waals surface area contributed by atoms with Crippen LogP contribution in [0.4, 0.5) is 4.48 Å². The second kappa shape index (κ2) is 3.85. The lowest BCUT2D eigenvalue weighted by Gasteiger charge is -2.27. The van der Waals surface area contributed by atoms with Crippen LogP contribution in [-0.4, -0.2) is 37.5 Å². The molecule has 0 aromatic rings. The summed E-state index contributed by atoms with van der Waals surface area (Å²) in [6.45, 7) is 1.88. The first kappa shape index (κ1) is 7.91. The van der Waals surface area contributed by atoms with Crippen LogP contribution >= 0.6 is 0 Å². The monoisotopic (exact) mass is 148 g/mol. The highest BCUT2D eigenvalue weighted by molar-refractivity contribution is 4.68. The molecule has 0 amide bonds. The summed E-state index contributed by atoms with van der Waals surface area (Å²) in [6, 6.07) is -0.112. The van der Waals surface area contributed by atoms with Crippen molar-refractivity contribution in [2.75, 3.05) is 26.3 Å². The Kier molecular flexibility index (Phi) is 3.05. The first-order valence-corrected chi connectivity index (χ1v) is 3.55. The standard InChI is InChI=1S/C6H13FN2O/c7-9-3-4-10-5-6(9)1-2-8/h6H,1-5,8H2. The van der Waals surface area contributed by atoms with Crippen LogP contribution in [0.25, 0.3) is 0 Å². The molecule has 4 heteroatoms. The van der Waals surface area contributed by atoms with Gasteiger partial charge in [0.25, 0.3) is 0 Å². The molecule has 2 N–H and O–H groups in total. The van der Waals surface area contributed by atoms with Crippen molar-refractivity contribution in [1.29, 1.82) is 0 Å². The quantitative estimate of drug-likeness (QED) is 0.557. The maximum Gasteiger partial charge on any atom is 0.0649 e. The SMILES string of the molecule is NCCC1COCCN1F. The van der Waals surface area contributed by atoms with E-state index in [1.54, 1.807) is 0 Å². The first-order valence-electron chi connectivity index (χ1n) is 3.55. The second-order valence-corrected chi connectivity index (χ2v) is 2.43. The van der Waals surface area contributed by atoms with Crippen LogP contribution in [0, 0.1) is 0 Å². The van der Waals surface area contributed by atoms with Gasteiger partial charge in [0.05, 0.1) is 25.8 Å². The third-order valence-electron chi connectivity index (χ3n) is 1.66. The summed E-state index contributed by atoms with van der Waals surface area (Å²) >= 11 is 0. The lowest BCUT2D eigenvalue weighted by atomic mass is 10.2. The van der Waals surface area contributed by atoms with Gasteiger partial charge in [-0.3, -0.25) is 0 Å². The van der Waals surface area contributed by atoms with Crippen molar-refractivity contribution in [2.24, 2.45) is 5.73 Å². The van der Waals surface area contributed by atoms with E-state index in [4.69, 9.17) is 10.5 Å². The highest BCUT2D eigenvalue weighted by atomic mass is 19.2. The molecule has 0 aromatic carbocycles. The topological polar surface area (TPSA) is 38.5 Å².